The molecule has 0 aliphatic carbocycles. The maximum absolute atomic E-state index is 9.39. The second-order valence-corrected chi connectivity index (χ2v) is 5.70. The van der Waals surface area contributed by atoms with Crippen molar-refractivity contribution in [3.63, 3.8) is 0 Å². The normalized spacial score (nSPS) is 10.5. The zero-order valence-corrected chi connectivity index (χ0v) is 13.3. The monoisotopic (exact) mass is 279 g/mol. The molecule has 0 radical (unpaired) electrons. The third-order valence-electron chi connectivity index (χ3n) is 3.63. The Balaban J connectivity index is 2.56. The van der Waals surface area contributed by atoms with Gasteiger partial charge in [0.1, 0.15) is 6.07 Å². The van der Waals surface area contributed by atoms with E-state index in [2.05, 4.69) is 55.3 Å². The van der Waals surface area contributed by atoms with Crippen LogP contribution in [-0.2, 0) is 0 Å². The lowest BCUT2D eigenvalue weighted by Gasteiger charge is -2.18. The zero-order valence-electron chi connectivity index (χ0n) is 13.3. The first-order valence-corrected chi connectivity index (χ1v) is 7.19. The van der Waals surface area contributed by atoms with E-state index in [1.165, 1.54) is 11.1 Å². The number of aryl methyl sites for hydroxylation is 3. The average molecular weight is 279 g/mol. The van der Waals surface area contributed by atoms with Gasteiger partial charge in [0.05, 0.1) is 16.9 Å². The Bertz CT molecular complexity index is 709. The average Bonchev–Trinajstić information content (AvgIpc) is 2.40. The Kier molecular flexibility index (Phi) is 4.28. The molecule has 0 fully saturated rings. The van der Waals surface area contributed by atoms with Crippen LogP contribution < -0.4 is 5.32 Å². The molecule has 0 aliphatic rings. The summed E-state index contributed by atoms with van der Waals surface area (Å²) in [6, 6.07) is 10.5. The van der Waals surface area contributed by atoms with Crippen molar-refractivity contribution in [1.29, 1.82) is 5.26 Å². The maximum atomic E-state index is 9.39. The molecule has 1 N–H and O–H groups in total. The fourth-order valence-corrected chi connectivity index (χ4v) is 2.55. The van der Waals surface area contributed by atoms with E-state index in [0.29, 0.717) is 11.5 Å². The molecule has 0 saturated heterocycles. The van der Waals surface area contributed by atoms with Gasteiger partial charge in [-0.3, -0.25) is 4.98 Å². The molecule has 0 saturated carbocycles. The molecule has 2 aromatic rings. The number of aromatic nitrogens is 1. The van der Waals surface area contributed by atoms with E-state index < -0.39 is 0 Å². The maximum Gasteiger partial charge on any atom is 0.103 e. The largest absolute Gasteiger partial charge is 0.354 e. The van der Waals surface area contributed by atoms with Crippen molar-refractivity contribution in [2.75, 3.05) is 5.32 Å². The molecule has 3 heteroatoms. The van der Waals surface area contributed by atoms with Crippen LogP contribution in [0.25, 0.3) is 0 Å². The van der Waals surface area contributed by atoms with Gasteiger partial charge in [-0.05, 0) is 43.9 Å². The van der Waals surface area contributed by atoms with E-state index in [9.17, 15) is 5.26 Å². The van der Waals surface area contributed by atoms with Gasteiger partial charge < -0.3 is 5.32 Å². The van der Waals surface area contributed by atoms with Gasteiger partial charge in [0, 0.05) is 11.4 Å². The molecular formula is C18H21N3. The third kappa shape index (κ3) is 3.05. The molecule has 108 valence electrons. The highest BCUT2D eigenvalue weighted by Gasteiger charge is 2.13. The quantitative estimate of drug-likeness (QED) is 0.882. The second-order valence-electron chi connectivity index (χ2n) is 5.70. The summed E-state index contributed by atoms with van der Waals surface area (Å²) in [5.41, 5.74) is 6.64. The molecular weight excluding hydrogens is 258 g/mol. The lowest BCUT2D eigenvalue weighted by atomic mass is 9.97. The Morgan fingerprint density at radius 2 is 1.90 bits per heavy atom. The standard InChI is InChI=1S/C18H21N3/c1-11(2)15-8-6-7-12(3)18(15)21-17-9-13(4)20-14(5)16(17)10-19/h6-9,11H,1-5H3,(H,20,21). The summed E-state index contributed by atoms with van der Waals surface area (Å²) in [5.74, 6) is 0.418. The van der Waals surface area contributed by atoms with Crippen LogP contribution in [0.3, 0.4) is 0 Å². The molecule has 21 heavy (non-hydrogen) atoms. The topological polar surface area (TPSA) is 48.7 Å². The summed E-state index contributed by atoms with van der Waals surface area (Å²) < 4.78 is 0. The zero-order chi connectivity index (χ0) is 15.6. The van der Waals surface area contributed by atoms with E-state index in [4.69, 9.17) is 0 Å². The van der Waals surface area contributed by atoms with Crippen LogP contribution in [-0.4, -0.2) is 4.98 Å². The van der Waals surface area contributed by atoms with Gasteiger partial charge in [-0.25, -0.2) is 0 Å². The van der Waals surface area contributed by atoms with Crippen molar-refractivity contribution in [2.45, 2.75) is 40.5 Å². The van der Waals surface area contributed by atoms with E-state index in [-0.39, 0.29) is 0 Å². The number of hydrogen-bond acceptors (Lipinski definition) is 3. The number of rotatable bonds is 3. The van der Waals surface area contributed by atoms with Gasteiger partial charge >= 0.3 is 0 Å². The lowest BCUT2D eigenvalue weighted by Crippen LogP contribution is -2.04. The lowest BCUT2D eigenvalue weighted by molar-refractivity contribution is 0.867. The summed E-state index contributed by atoms with van der Waals surface area (Å²) in [6.45, 7) is 10.3. The molecule has 0 aliphatic heterocycles. The van der Waals surface area contributed by atoms with Gasteiger partial charge in [-0.1, -0.05) is 32.0 Å². The molecule has 2 rings (SSSR count). The number of nitriles is 1. The second kappa shape index (κ2) is 5.97. The highest BCUT2D eigenvalue weighted by molar-refractivity contribution is 5.72. The van der Waals surface area contributed by atoms with Crippen molar-refractivity contribution >= 4 is 11.4 Å². The Hall–Kier alpha value is -2.34. The number of para-hydroxylation sites is 1. The minimum atomic E-state index is 0.418. The van der Waals surface area contributed by atoms with Gasteiger partial charge in [-0.15, -0.1) is 0 Å². The van der Waals surface area contributed by atoms with E-state index in [1.807, 2.05) is 19.9 Å². The van der Waals surface area contributed by atoms with Crippen LogP contribution >= 0.6 is 0 Å². The fourth-order valence-electron chi connectivity index (χ4n) is 2.55. The van der Waals surface area contributed by atoms with Crippen molar-refractivity contribution in [2.24, 2.45) is 0 Å². The minimum Gasteiger partial charge on any atom is -0.354 e. The number of hydrogen-bond donors (Lipinski definition) is 1. The van der Waals surface area contributed by atoms with Crippen LogP contribution in [0.15, 0.2) is 24.3 Å². The number of nitrogens with zero attached hydrogens (tertiary/aromatic N) is 2. The summed E-state index contributed by atoms with van der Waals surface area (Å²) in [7, 11) is 0. The SMILES string of the molecule is Cc1cc(Nc2c(C)cccc2C(C)C)c(C#N)c(C)n1. The number of benzene rings is 1. The van der Waals surface area contributed by atoms with Crippen molar-refractivity contribution in [3.05, 3.63) is 52.3 Å². The molecule has 0 unspecified atom stereocenters. The van der Waals surface area contributed by atoms with Crippen molar-refractivity contribution in [1.82, 2.24) is 4.98 Å². The number of pyridine rings is 1. The van der Waals surface area contributed by atoms with Crippen LogP contribution in [0.5, 0.6) is 0 Å². The molecule has 0 atom stereocenters. The fraction of sp³-hybridized carbons (Fsp3) is 0.333. The Morgan fingerprint density at radius 3 is 2.52 bits per heavy atom. The highest BCUT2D eigenvalue weighted by Crippen LogP contribution is 2.32. The molecule has 0 bridgehead atoms. The highest BCUT2D eigenvalue weighted by atomic mass is 14.9. The number of anilines is 2. The van der Waals surface area contributed by atoms with Crippen molar-refractivity contribution < 1.29 is 0 Å². The molecule has 0 spiro atoms. The molecule has 0 amide bonds. The first-order chi connectivity index (χ1) is 9.93. The van der Waals surface area contributed by atoms with Crippen LogP contribution in [0.2, 0.25) is 0 Å². The van der Waals surface area contributed by atoms with Crippen LogP contribution in [0.4, 0.5) is 11.4 Å². The molecule has 3 nitrogen and oxygen atoms in total. The summed E-state index contributed by atoms with van der Waals surface area (Å²) in [6.07, 6.45) is 0. The molecule has 1 heterocycles. The van der Waals surface area contributed by atoms with Gasteiger partial charge in [0.2, 0.25) is 0 Å². The van der Waals surface area contributed by atoms with Gasteiger partial charge in [0.15, 0.2) is 0 Å². The first kappa shape index (κ1) is 15.1. The molecule has 1 aromatic heterocycles. The predicted molar refractivity (Wildman–Crippen MR) is 87.0 cm³/mol. The van der Waals surface area contributed by atoms with Gasteiger partial charge in [0.25, 0.3) is 0 Å². The Labute approximate surface area is 126 Å². The van der Waals surface area contributed by atoms with Crippen LogP contribution in [0, 0.1) is 32.1 Å². The summed E-state index contributed by atoms with van der Waals surface area (Å²) >= 11 is 0. The minimum absolute atomic E-state index is 0.418. The van der Waals surface area contributed by atoms with E-state index in [0.717, 1.165) is 22.8 Å². The third-order valence-corrected chi connectivity index (χ3v) is 3.63. The first-order valence-electron chi connectivity index (χ1n) is 7.19. The van der Waals surface area contributed by atoms with Crippen molar-refractivity contribution in [3.8, 4) is 6.07 Å². The molecule has 1 aromatic carbocycles. The summed E-state index contributed by atoms with van der Waals surface area (Å²) in [4.78, 5) is 4.36. The summed E-state index contributed by atoms with van der Waals surface area (Å²) in [5, 5.41) is 12.8. The Morgan fingerprint density at radius 1 is 1.19 bits per heavy atom. The smallest absolute Gasteiger partial charge is 0.103 e. The number of nitrogens with one attached hydrogen (secondary N) is 1. The van der Waals surface area contributed by atoms with E-state index >= 15 is 0 Å². The van der Waals surface area contributed by atoms with Crippen LogP contribution in [0.1, 0.15) is 47.8 Å². The van der Waals surface area contributed by atoms with Gasteiger partial charge in [-0.2, -0.15) is 5.26 Å². The van der Waals surface area contributed by atoms with E-state index in [1.54, 1.807) is 0 Å². The predicted octanol–water partition coefficient (Wildman–Crippen LogP) is 4.75.